The third-order valence-electron chi connectivity index (χ3n) is 6.79. The largest absolute Gasteiger partial charge is 0.497 e. The van der Waals surface area contributed by atoms with Crippen molar-refractivity contribution < 1.29 is 22.7 Å². The van der Waals surface area contributed by atoms with Crippen molar-refractivity contribution in [1.82, 2.24) is 10.2 Å². The lowest BCUT2D eigenvalue weighted by Crippen LogP contribution is -2.52. The standard InChI is InChI=1S/C31H37Cl2N3O5S/c1-5-7-18-34-31(38)27(6-2)35(20-23-10-8-11-24(19-23)41-4)29(37)21-36(28-13-9-12-26(32)30(28)33)42(39,40)25-16-14-22(3)15-17-25/h8-17,19,27H,5-7,18,20-21H2,1-4H3,(H,34,38)/t27-/m1/s1. The second kappa shape index (κ2) is 15.3. The second-order valence-electron chi connectivity index (χ2n) is 9.84. The lowest BCUT2D eigenvalue weighted by atomic mass is 10.1. The van der Waals surface area contributed by atoms with Crippen LogP contribution in [0.3, 0.4) is 0 Å². The second-order valence-corrected chi connectivity index (χ2v) is 12.5. The van der Waals surface area contributed by atoms with E-state index in [4.69, 9.17) is 27.9 Å². The van der Waals surface area contributed by atoms with Crippen LogP contribution in [0.4, 0.5) is 5.69 Å². The van der Waals surface area contributed by atoms with Gasteiger partial charge in [0.25, 0.3) is 10.0 Å². The summed E-state index contributed by atoms with van der Waals surface area (Å²) in [7, 11) is -2.73. The van der Waals surface area contributed by atoms with Gasteiger partial charge in [0.1, 0.15) is 18.3 Å². The number of amides is 2. The minimum absolute atomic E-state index is 0.00801. The Bertz CT molecular complexity index is 1480. The van der Waals surface area contributed by atoms with Gasteiger partial charge in [0.15, 0.2) is 0 Å². The highest BCUT2D eigenvalue weighted by Gasteiger charge is 2.34. The number of halogens is 2. The molecule has 2 amide bonds. The maximum atomic E-state index is 14.2. The predicted molar refractivity (Wildman–Crippen MR) is 168 cm³/mol. The van der Waals surface area contributed by atoms with Crippen LogP contribution in [0.1, 0.15) is 44.2 Å². The highest BCUT2D eigenvalue weighted by atomic mass is 35.5. The zero-order valence-corrected chi connectivity index (χ0v) is 26.6. The number of rotatable bonds is 14. The summed E-state index contributed by atoms with van der Waals surface area (Å²) in [4.78, 5) is 28.9. The van der Waals surface area contributed by atoms with Crippen LogP contribution in [0.2, 0.25) is 10.0 Å². The predicted octanol–water partition coefficient (Wildman–Crippen LogP) is 6.23. The summed E-state index contributed by atoms with van der Waals surface area (Å²) in [6.07, 6.45) is 2.01. The zero-order chi connectivity index (χ0) is 30.9. The van der Waals surface area contributed by atoms with Gasteiger partial charge in [0, 0.05) is 13.1 Å². The molecule has 0 saturated heterocycles. The maximum Gasteiger partial charge on any atom is 0.264 e. The van der Waals surface area contributed by atoms with Crippen LogP contribution in [-0.4, -0.2) is 51.4 Å². The molecular weight excluding hydrogens is 597 g/mol. The Morgan fingerprint density at radius 1 is 1.00 bits per heavy atom. The average molecular weight is 635 g/mol. The van der Waals surface area contributed by atoms with Gasteiger partial charge in [-0.1, -0.05) is 79.4 Å². The van der Waals surface area contributed by atoms with E-state index in [0.29, 0.717) is 18.7 Å². The molecule has 1 N–H and O–H groups in total. The number of unbranched alkanes of at least 4 members (excludes halogenated alkanes) is 1. The molecule has 3 aromatic rings. The van der Waals surface area contributed by atoms with Crippen molar-refractivity contribution in [1.29, 1.82) is 0 Å². The quantitative estimate of drug-likeness (QED) is 0.212. The molecule has 3 aromatic carbocycles. The van der Waals surface area contributed by atoms with Gasteiger partial charge in [-0.15, -0.1) is 0 Å². The van der Waals surface area contributed by atoms with E-state index in [9.17, 15) is 18.0 Å². The first-order valence-corrected chi connectivity index (χ1v) is 16.0. The van der Waals surface area contributed by atoms with Crippen molar-refractivity contribution in [2.45, 2.75) is 57.5 Å². The van der Waals surface area contributed by atoms with Gasteiger partial charge in [0.05, 0.1) is 27.7 Å². The summed E-state index contributed by atoms with van der Waals surface area (Å²) < 4.78 is 34.3. The lowest BCUT2D eigenvalue weighted by molar-refractivity contribution is -0.140. The highest BCUT2D eigenvalue weighted by Crippen LogP contribution is 2.35. The fourth-order valence-corrected chi connectivity index (χ4v) is 6.30. The van der Waals surface area contributed by atoms with Gasteiger partial charge >= 0.3 is 0 Å². The van der Waals surface area contributed by atoms with E-state index in [-0.39, 0.29) is 33.1 Å². The van der Waals surface area contributed by atoms with Crippen LogP contribution in [0.5, 0.6) is 5.75 Å². The number of anilines is 1. The van der Waals surface area contributed by atoms with Crippen molar-refractivity contribution in [2.24, 2.45) is 0 Å². The fraction of sp³-hybridized carbons (Fsp3) is 0.355. The number of hydrogen-bond acceptors (Lipinski definition) is 5. The minimum atomic E-state index is -4.27. The number of benzene rings is 3. The molecule has 8 nitrogen and oxygen atoms in total. The van der Waals surface area contributed by atoms with E-state index in [2.05, 4.69) is 5.32 Å². The fourth-order valence-electron chi connectivity index (χ4n) is 4.43. The zero-order valence-electron chi connectivity index (χ0n) is 24.3. The van der Waals surface area contributed by atoms with Crippen molar-refractivity contribution in [3.63, 3.8) is 0 Å². The number of aryl methyl sites for hydroxylation is 1. The van der Waals surface area contributed by atoms with Crippen LogP contribution in [0.15, 0.2) is 71.6 Å². The van der Waals surface area contributed by atoms with Crippen molar-refractivity contribution in [3.8, 4) is 5.75 Å². The summed E-state index contributed by atoms with van der Waals surface area (Å²) >= 11 is 12.8. The molecule has 0 heterocycles. The average Bonchev–Trinajstić information content (AvgIpc) is 2.97. The molecule has 0 fully saturated rings. The Kier molecular flexibility index (Phi) is 12.1. The van der Waals surface area contributed by atoms with Gasteiger partial charge in [-0.05, 0) is 61.7 Å². The number of sulfonamides is 1. The molecule has 0 radical (unpaired) electrons. The molecule has 1 atom stereocenters. The topological polar surface area (TPSA) is 96.0 Å². The lowest BCUT2D eigenvalue weighted by Gasteiger charge is -2.33. The SMILES string of the molecule is CCCCNC(=O)[C@@H](CC)N(Cc1cccc(OC)c1)C(=O)CN(c1cccc(Cl)c1Cl)S(=O)(=O)c1ccc(C)cc1. The summed E-state index contributed by atoms with van der Waals surface area (Å²) in [6.45, 7) is 5.59. The van der Waals surface area contributed by atoms with E-state index in [0.717, 1.165) is 28.3 Å². The molecule has 226 valence electrons. The Morgan fingerprint density at radius 2 is 1.69 bits per heavy atom. The van der Waals surface area contributed by atoms with E-state index in [1.54, 1.807) is 43.5 Å². The molecular formula is C31H37Cl2N3O5S. The normalized spacial score (nSPS) is 12.0. The molecule has 42 heavy (non-hydrogen) atoms. The number of carbonyl (C=O) groups is 2. The van der Waals surface area contributed by atoms with Gasteiger partial charge in [-0.3, -0.25) is 13.9 Å². The summed E-state index contributed by atoms with van der Waals surface area (Å²) in [5.74, 6) is -0.299. The van der Waals surface area contributed by atoms with E-state index in [1.807, 2.05) is 26.8 Å². The third kappa shape index (κ3) is 8.18. The molecule has 0 aliphatic rings. The number of methoxy groups -OCH3 is 1. The van der Waals surface area contributed by atoms with Crippen LogP contribution >= 0.6 is 23.2 Å². The van der Waals surface area contributed by atoms with Crippen LogP contribution in [0, 0.1) is 6.92 Å². The first kappa shape index (κ1) is 33.2. The maximum absolute atomic E-state index is 14.2. The van der Waals surface area contributed by atoms with Crippen molar-refractivity contribution in [3.05, 3.63) is 87.9 Å². The number of ether oxygens (including phenoxy) is 1. The number of hydrogen-bond donors (Lipinski definition) is 1. The molecule has 0 bridgehead atoms. The summed E-state index contributed by atoms with van der Waals surface area (Å²) in [6, 6.07) is 17.2. The van der Waals surface area contributed by atoms with E-state index in [1.165, 1.54) is 29.2 Å². The van der Waals surface area contributed by atoms with E-state index >= 15 is 0 Å². The first-order chi connectivity index (χ1) is 20.0. The summed E-state index contributed by atoms with van der Waals surface area (Å²) in [5.41, 5.74) is 1.65. The molecule has 0 saturated carbocycles. The smallest absolute Gasteiger partial charge is 0.264 e. The Labute approximate surface area is 258 Å². The van der Waals surface area contributed by atoms with Crippen LogP contribution < -0.4 is 14.4 Å². The van der Waals surface area contributed by atoms with E-state index < -0.39 is 28.5 Å². The number of nitrogens with one attached hydrogen (secondary N) is 1. The van der Waals surface area contributed by atoms with Gasteiger partial charge < -0.3 is 15.0 Å². The highest BCUT2D eigenvalue weighted by molar-refractivity contribution is 7.92. The van der Waals surface area contributed by atoms with Gasteiger partial charge in [-0.2, -0.15) is 0 Å². The monoisotopic (exact) mass is 633 g/mol. The van der Waals surface area contributed by atoms with Crippen molar-refractivity contribution in [2.75, 3.05) is 24.5 Å². The molecule has 3 rings (SSSR count). The molecule has 0 unspecified atom stereocenters. The number of carbonyl (C=O) groups excluding carboxylic acids is 2. The Morgan fingerprint density at radius 3 is 2.33 bits per heavy atom. The van der Waals surface area contributed by atoms with Gasteiger partial charge in [0.2, 0.25) is 11.8 Å². The molecule has 0 aliphatic heterocycles. The number of nitrogens with zero attached hydrogens (tertiary/aromatic N) is 2. The summed E-state index contributed by atoms with van der Waals surface area (Å²) in [5, 5.41) is 3.04. The van der Waals surface area contributed by atoms with Gasteiger partial charge in [-0.25, -0.2) is 8.42 Å². The Balaban J connectivity index is 2.09. The van der Waals surface area contributed by atoms with Crippen LogP contribution in [0.25, 0.3) is 0 Å². The molecule has 11 heteroatoms. The molecule has 0 aliphatic carbocycles. The third-order valence-corrected chi connectivity index (χ3v) is 9.37. The van der Waals surface area contributed by atoms with Crippen LogP contribution in [-0.2, 0) is 26.2 Å². The Hall–Kier alpha value is -3.27. The van der Waals surface area contributed by atoms with Crippen molar-refractivity contribution >= 4 is 50.7 Å². The minimum Gasteiger partial charge on any atom is -0.497 e. The molecule has 0 aromatic heterocycles. The first-order valence-electron chi connectivity index (χ1n) is 13.8. The molecule has 0 spiro atoms.